The van der Waals surface area contributed by atoms with Crippen LogP contribution in [0.1, 0.15) is 5.56 Å². The van der Waals surface area contributed by atoms with Crippen LogP contribution in [0.15, 0.2) is 60.8 Å². The minimum atomic E-state index is -1.03. The molecule has 1 aromatic heterocycles. The lowest BCUT2D eigenvalue weighted by molar-refractivity contribution is 0.201. The fourth-order valence-electron chi connectivity index (χ4n) is 2.49. The Morgan fingerprint density at radius 2 is 1.96 bits per heavy atom. The van der Waals surface area contributed by atoms with Crippen molar-refractivity contribution in [1.82, 2.24) is 4.98 Å². The number of fused-ring (bicyclic) bond motifs is 1. The maximum absolute atomic E-state index is 11.8. The maximum atomic E-state index is 11.8. The summed E-state index contributed by atoms with van der Waals surface area (Å²) in [6, 6.07) is 16.7. The summed E-state index contributed by atoms with van der Waals surface area (Å²) >= 11 is 0. The van der Waals surface area contributed by atoms with Gasteiger partial charge < -0.3 is 9.84 Å². The molecule has 0 bridgehead atoms. The molecule has 0 fully saturated rings. The molecule has 1 heterocycles. The molecule has 0 aliphatic heterocycles. The number of hydrogen-bond donors (Lipinski definition) is 1. The number of rotatable bonds is 4. The Morgan fingerprint density at radius 3 is 2.65 bits per heavy atom. The number of pyridine rings is 1. The zero-order valence-electron chi connectivity index (χ0n) is 12.6. The molecule has 0 saturated carbocycles. The van der Waals surface area contributed by atoms with E-state index in [1.54, 1.807) is 19.4 Å². The standard InChI is InChI=1S/C18H16N2O3/c1-23-15-10-14-8-5-9-19-17(14)16(11-15)20(18(21)22)12-13-6-3-2-4-7-13/h2-11H,12H2,1H3,(H,21,22). The molecule has 0 saturated heterocycles. The number of anilines is 1. The smallest absolute Gasteiger partial charge is 0.412 e. The number of aromatic nitrogens is 1. The molecule has 5 nitrogen and oxygen atoms in total. The lowest BCUT2D eigenvalue weighted by Crippen LogP contribution is -2.29. The topological polar surface area (TPSA) is 62.7 Å². The van der Waals surface area contributed by atoms with Crippen LogP contribution in [0, 0.1) is 0 Å². The number of carboxylic acid groups (broad SMARTS) is 1. The van der Waals surface area contributed by atoms with Gasteiger partial charge in [0.25, 0.3) is 0 Å². The van der Waals surface area contributed by atoms with E-state index in [0.717, 1.165) is 10.9 Å². The van der Waals surface area contributed by atoms with Gasteiger partial charge in [-0.1, -0.05) is 36.4 Å². The first-order valence-corrected chi connectivity index (χ1v) is 7.16. The third-order valence-electron chi connectivity index (χ3n) is 3.60. The van der Waals surface area contributed by atoms with Gasteiger partial charge in [-0.15, -0.1) is 0 Å². The summed E-state index contributed by atoms with van der Waals surface area (Å²) in [6.07, 6.45) is 0.620. The van der Waals surface area contributed by atoms with Crippen molar-refractivity contribution < 1.29 is 14.6 Å². The van der Waals surface area contributed by atoms with Crippen molar-refractivity contribution in [2.45, 2.75) is 6.54 Å². The van der Waals surface area contributed by atoms with Crippen LogP contribution < -0.4 is 9.64 Å². The van der Waals surface area contributed by atoms with Gasteiger partial charge >= 0.3 is 6.09 Å². The summed E-state index contributed by atoms with van der Waals surface area (Å²) in [6.45, 7) is 0.245. The van der Waals surface area contributed by atoms with Crippen molar-refractivity contribution in [3.8, 4) is 5.75 Å². The van der Waals surface area contributed by atoms with Gasteiger partial charge in [-0.3, -0.25) is 9.88 Å². The molecule has 23 heavy (non-hydrogen) atoms. The van der Waals surface area contributed by atoms with Crippen LogP contribution in [0.3, 0.4) is 0 Å². The van der Waals surface area contributed by atoms with E-state index in [1.165, 1.54) is 4.90 Å². The molecule has 5 heteroatoms. The highest BCUT2D eigenvalue weighted by atomic mass is 16.5. The largest absolute Gasteiger partial charge is 0.497 e. The van der Waals surface area contributed by atoms with Crippen LogP contribution in [0.5, 0.6) is 5.75 Å². The predicted octanol–water partition coefficient (Wildman–Crippen LogP) is 3.93. The average Bonchev–Trinajstić information content (AvgIpc) is 2.59. The van der Waals surface area contributed by atoms with Crippen LogP contribution >= 0.6 is 0 Å². The lowest BCUT2D eigenvalue weighted by Gasteiger charge is -2.21. The summed E-state index contributed by atoms with van der Waals surface area (Å²) in [7, 11) is 1.56. The van der Waals surface area contributed by atoms with E-state index >= 15 is 0 Å². The molecule has 0 radical (unpaired) electrons. The third kappa shape index (κ3) is 3.08. The van der Waals surface area contributed by atoms with E-state index in [0.29, 0.717) is 17.0 Å². The molecule has 3 rings (SSSR count). The molecule has 0 atom stereocenters. The van der Waals surface area contributed by atoms with Gasteiger partial charge in [-0.2, -0.15) is 0 Å². The fraction of sp³-hybridized carbons (Fsp3) is 0.111. The zero-order chi connectivity index (χ0) is 16.2. The Labute approximate surface area is 133 Å². The molecule has 1 amide bonds. The third-order valence-corrected chi connectivity index (χ3v) is 3.60. The molecule has 116 valence electrons. The lowest BCUT2D eigenvalue weighted by atomic mass is 10.1. The van der Waals surface area contributed by atoms with E-state index in [1.807, 2.05) is 48.5 Å². The molecular weight excluding hydrogens is 292 g/mol. The van der Waals surface area contributed by atoms with E-state index in [-0.39, 0.29) is 6.54 Å². The van der Waals surface area contributed by atoms with E-state index in [9.17, 15) is 9.90 Å². The van der Waals surface area contributed by atoms with Crippen molar-refractivity contribution >= 4 is 22.7 Å². The van der Waals surface area contributed by atoms with Crippen molar-refractivity contribution in [1.29, 1.82) is 0 Å². The Hall–Kier alpha value is -3.08. The van der Waals surface area contributed by atoms with Crippen molar-refractivity contribution in [2.75, 3.05) is 12.0 Å². The molecule has 0 unspecified atom stereocenters. The molecule has 3 aromatic rings. The minimum absolute atomic E-state index is 0.245. The molecule has 0 aliphatic rings. The van der Waals surface area contributed by atoms with Gasteiger partial charge in [0.05, 0.1) is 24.9 Å². The first-order valence-electron chi connectivity index (χ1n) is 7.16. The van der Waals surface area contributed by atoms with Gasteiger partial charge in [-0.05, 0) is 17.7 Å². The van der Waals surface area contributed by atoms with Crippen molar-refractivity contribution in [2.24, 2.45) is 0 Å². The average molecular weight is 308 g/mol. The summed E-state index contributed by atoms with van der Waals surface area (Å²) in [5.74, 6) is 0.597. The van der Waals surface area contributed by atoms with Crippen LogP contribution in [0.2, 0.25) is 0 Å². The van der Waals surface area contributed by atoms with Crippen molar-refractivity contribution in [3.63, 3.8) is 0 Å². The summed E-state index contributed by atoms with van der Waals surface area (Å²) in [5, 5.41) is 10.5. The van der Waals surface area contributed by atoms with Crippen molar-refractivity contribution in [3.05, 3.63) is 66.4 Å². The highest BCUT2D eigenvalue weighted by molar-refractivity contribution is 5.99. The van der Waals surface area contributed by atoms with Gasteiger partial charge in [-0.25, -0.2) is 4.79 Å². The minimum Gasteiger partial charge on any atom is -0.497 e. The molecule has 2 aromatic carbocycles. The van der Waals surface area contributed by atoms with Gasteiger partial charge in [0.15, 0.2) is 0 Å². The summed E-state index contributed by atoms with van der Waals surface area (Å²) in [4.78, 5) is 17.4. The van der Waals surface area contributed by atoms with Gasteiger partial charge in [0, 0.05) is 17.6 Å². The number of methoxy groups -OCH3 is 1. The number of carbonyl (C=O) groups is 1. The van der Waals surface area contributed by atoms with E-state index in [4.69, 9.17) is 4.74 Å². The molecule has 0 spiro atoms. The summed E-state index contributed by atoms with van der Waals surface area (Å²) in [5.41, 5.74) is 2.05. The Balaban J connectivity index is 2.12. The summed E-state index contributed by atoms with van der Waals surface area (Å²) < 4.78 is 5.30. The molecule has 1 N–H and O–H groups in total. The number of nitrogens with zero attached hydrogens (tertiary/aromatic N) is 2. The highest BCUT2D eigenvalue weighted by Crippen LogP contribution is 2.31. The zero-order valence-corrected chi connectivity index (χ0v) is 12.6. The van der Waals surface area contributed by atoms with Gasteiger partial charge in [0.1, 0.15) is 5.75 Å². The Morgan fingerprint density at radius 1 is 1.17 bits per heavy atom. The highest BCUT2D eigenvalue weighted by Gasteiger charge is 2.19. The fourth-order valence-corrected chi connectivity index (χ4v) is 2.49. The first kappa shape index (κ1) is 14.8. The quantitative estimate of drug-likeness (QED) is 0.793. The second-order valence-electron chi connectivity index (χ2n) is 5.08. The maximum Gasteiger partial charge on any atom is 0.412 e. The first-order chi connectivity index (χ1) is 11.2. The second-order valence-corrected chi connectivity index (χ2v) is 5.08. The number of hydrogen-bond acceptors (Lipinski definition) is 3. The van der Waals surface area contributed by atoms with E-state index in [2.05, 4.69) is 4.98 Å². The van der Waals surface area contributed by atoms with E-state index < -0.39 is 6.09 Å². The molecular formula is C18H16N2O3. The second kappa shape index (κ2) is 6.36. The van der Waals surface area contributed by atoms with Crippen LogP contribution in [-0.4, -0.2) is 23.3 Å². The van der Waals surface area contributed by atoms with Gasteiger partial charge in [0.2, 0.25) is 0 Å². The number of benzene rings is 2. The van der Waals surface area contributed by atoms with Crippen LogP contribution in [0.4, 0.5) is 10.5 Å². The normalized spacial score (nSPS) is 10.5. The monoisotopic (exact) mass is 308 g/mol. The Kier molecular flexibility index (Phi) is 4.10. The number of amides is 1. The van der Waals surface area contributed by atoms with Crippen LogP contribution in [0.25, 0.3) is 10.9 Å². The molecule has 0 aliphatic carbocycles. The predicted molar refractivity (Wildman–Crippen MR) is 88.9 cm³/mol. The number of ether oxygens (including phenoxy) is 1. The SMILES string of the molecule is COc1cc(N(Cc2ccccc2)C(=O)O)c2ncccc2c1. The van der Waals surface area contributed by atoms with Crippen LogP contribution in [-0.2, 0) is 6.54 Å². The Bertz CT molecular complexity index is 834.